The molecule has 184 valence electrons. The zero-order valence-corrected chi connectivity index (χ0v) is 19.9. The fourth-order valence-corrected chi connectivity index (χ4v) is 5.64. The SMILES string of the molecule is NC1(c2cc(-c3ccc(SC4CCC(Nc5ccc(C(F)(F)F)cn5)CC4)cc3)ccn2)COC1. The van der Waals surface area contributed by atoms with Crippen molar-refractivity contribution in [1.82, 2.24) is 9.97 Å². The number of benzene rings is 1. The summed E-state index contributed by atoms with van der Waals surface area (Å²) in [4.78, 5) is 9.60. The van der Waals surface area contributed by atoms with Crippen LogP contribution in [0.1, 0.15) is 36.9 Å². The topological polar surface area (TPSA) is 73.1 Å². The van der Waals surface area contributed by atoms with Crippen LogP contribution in [0.15, 0.2) is 65.8 Å². The Morgan fingerprint density at radius 2 is 1.69 bits per heavy atom. The standard InChI is InChI=1S/C26H27F3N4OS/c27-26(28,29)19-3-10-24(32-14-19)33-20-4-8-22(9-5-20)35-21-6-1-17(2-7-21)18-11-12-31-23(13-18)25(30)15-34-16-25/h1-3,6-7,10-14,20,22H,4-5,8-9,15-16,30H2,(H,32,33). The molecule has 1 aliphatic heterocycles. The lowest BCUT2D eigenvalue weighted by Gasteiger charge is -2.37. The number of nitrogens with two attached hydrogens (primary N) is 1. The van der Waals surface area contributed by atoms with Gasteiger partial charge in [-0.25, -0.2) is 4.98 Å². The van der Waals surface area contributed by atoms with Gasteiger partial charge in [-0.1, -0.05) is 12.1 Å². The number of alkyl halides is 3. The summed E-state index contributed by atoms with van der Waals surface area (Å²) in [7, 11) is 0. The third-order valence-electron chi connectivity index (χ3n) is 6.60. The summed E-state index contributed by atoms with van der Waals surface area (Å²) >= 11 is 1.88. The first-order chi connectivity index (χ1) is 16.8. The first-order valence-corrected chi connectivity index (χ1v) is 12.6. The number of nitrogens with one attached hydrogen (secondary N) is 1. The normalized spacial score (nSPS) is 21.8. The zero-order valence-electron chi connectivity index (χ0n) is 19.1. The molecule has 3 heterocycles. The molecule has 5 rings (SSSR count). The molecule has 0 spiro atoms. The van der Waals surface area contributed by atoms with Crippen LogP contribution in [0.3, 0.4) is 0 Å². The maximum atomic E-state index is 12.7. The summed E-state index contributed by atoms with van der Waals surface area (Å²) in [5.41, 5.74) is 8.19. The van der Waals surface area contributed by atoms with Crippen LogP contribution in [-0.4, -0.2) is 34.5 Å². The predicted octanol–water partition coefficient (Wildman–Crippen LogP) is 5.86. The highest BCUT2D eigenvalue weighted by atomic mass is 32.2. The van der Waals surface area contributed by atoms with Crippen molar-refractivity contribution in [1.29, 1.82) is 0 Å². The molecule has 5 nitrogen and oxygen atoms in total. The molecule has 2 fully saturated rings. The zero-order chi connectivity index (χ0) is 24.5. The van der Waals surface area contributed by atoms with Gasteiger partial charge in [-0.3, -0.25) is 4.98 Å². The van der Waals surface area contributed by atoms with Crippen LogP contribution in [0.25, 0.3) is 11.1 Å². The van der Waals surface area contributed by atoms with E-state index in [1.165, 1.54) is 11.0 Å². The van der Waals surface area contributed by atoms with E-state index in [9.17, 15) is 13.2 Å². The number of anilines is 1. The molecule has 0 unspecified atom stereocenters. The minimum Gasteiger partial charge on any atom is -0.377 e. The van der Waals surface area contributed by atoms with Gasteiger partial charge in [0.1, 0.15) is 11.4 Å². The van der Waals surface area contributed by atoms with E-state index in [0.717, 1.165) is 54.8 Å². The van der Waals surface area contributed by atoms with E-state index in [1.54, 1.807) is 6.20 Å². The van der Waals surface area contributed by atoms with E-state index >= 15 is 0 Å². The minimum absolute atomic E-state index is 0.228. The highest BCUT2D eigenvalue weighted by molar-refractivity contribution is 8.00. The fourth-order valence-electron chi connectivity index (χ4n) is 4.45. The van der Waals surface area contributed by atoms with Crippen molar-refractivity contribution in [3.8, 4) is 11.1 Å². The molecule has 2 aromatic heterocycles. The summed E-state index contributed by atoms with van der Waals surface area (Å²) in [6.45, 7) is 0.995. The largest absolute Gasteiger partial charge is 0.417 e. The molecule has 0 atom stereocenters. The van der Waals surface area contributed by atoms with Crippen LogP contribution in [0.5, 0.6) is 0 Å². The lowest BCUT2D eigenvalue weighted by Crippen LogP contribution is -2.54. The number of halogens is 3. The second kappa shape index (κ2) is 9.79. The summed E-state index contributed by atoms with van der Waals surface area (Å²) in [5.74, 6) is 0.495. The van der Waals surface area contributed by atoms with Crippen LogP contribution in [0.2, 0.25) is 0 Å². The first kappa shape index (κ1) is 24.1. The lowest BCUT2D eigenvalue weighted by molar-refractivity contribution is -0.137. The average molecular weight is 501 g/mol. The molecule has 1 aliphatic carbocycles. The third kappa shape index (κ3) is 5.63. The molecule has 0 radical (unpaired) electrons. The summed E-state index contributed by atoms with van der Waals surface area (Å²) < 4.78 is 43.4. The Bertz CT molecular complexity index is 1140. The highest BCUT2D eigenvalue weighted by Crippen LogP contribution is 2.36. The summed E-state index contributed by atoms with van der Waals surface area (Å²) in [6.07, 6.45) is 2.33. The first-order valence-electron chi connectivity index (χ1n) is 11.7. The van der Waals surface area contributed by atoms with Crippen molar-refractivity contribution in [3.05, 3.63) is 72.2 Å². The number of pyridine rings is 2. The van der Waals surface area contributed by atoms with E-state index in [2.05, 4.69) is 39.6 Å². The molecular weight excluding hydrogens is 473 g/mol. The van der Waals surface area contributed by atoms with Gasteiger partial charge in [0, 0.05) is 28.6 Å². The Morgan fingerprint density at radius 1 is 0.943 bits per heavy atom. The maximum Gasteiger partial charge on any atom is 0.417 e. The Kier molecular flexibility index (Phi) is 6.74. The lowest BCUT2D eigenvalue weighted by atomic mass is 9.92. The Morgan fingerprint density at radius 3 is 2.29 bits per heavy atom. The van der Waals surface area contributed by atoms with Gasteiger partial charge in [-0.05, 0) is 73.2 Å². The number of ether oxygens (including phenoxy) is 1. The number of hydrogen-bond acceptors (Lipinski definition) is 6. The number of rotatable bonds is 6. The maximum absolute atomic E-state index is 12.7. The minimum atomic E-state index is -4.36. The van der Waals surface area contributed by atoms with Gasteiger partial charge in [0.15, 0.2) is 0 Å². The number of aromatic nitrogens is 2. The van der Waals surface area contributed by atoms with Crippen LogP contribution < -0.4 is 11.1 Å². The molecule has 35 heavy (non-hydrogen) atoms. The quantitative estimate of drug-likeness (QED) is 0.442. The molecule has 1 aromatic carbocycles. The molecule has 1 saturated heterocycles. The molecule has 0 bridgehead atoms. The van der Waals surface area contributed by atoms with Gasteiger partial charge < -0.3 is 15.8 Å². The van der Waals surface area contributed by atoms with E-state index < -0.39 is 17.3 Å². The third-order valence-corrected chi connectivity index (χ3v) is 7.95. The number of nitrogens with zero attached hydrogens (tertiary/aromatic N) is 2. The van der Waals surface area contributed by atoms with E-state index in [4.69, 9.17) is 10.5 Å². The van der Waals surface area contributed by atoms with Gasteiger partial charge in [0.2, 0.25) is 0 Å². The number of thioether (sulfide) groups is 1. The molecular formula is C26H27F3N4OS. The van der Waals surface area contributed by atoms with Crippen molar-refractivity contribution < 1.29 is 17.9 Å². The van der Waals surface area contributed by atoms with Crippen molar-refractivity contribution in [2.24, 2.45) is 5.73 Å². The van der Waals surface area contributed by atoms with Crippen LogP contribution in [0, 0.1) is 0 Å². The molecule has 3 N–H and O–H groups in total. The van der Waals surface area contributed by atoms with Crippen molar-refractivity contribution in [3.63, 3.8) is 0 Å². The number of hydrogen-bond donors (Lipinski definition) is 2. The Balaban J connectivity index is 1.13. The van der Waals surface area contributed by atoms with Crippen molar-refractivity contribution in [2.75, 3.05) is 18.5 Å². The van der Waals surface area contributed by atoms with Crippen LogP contribution in [-0.2, 0) is 16.5 Å². The van der Waals surface area contributed by atoms with E-state index in [0.29, 0.717) is 24.3 Å². The van der Waals surface area contributed by atoms with Gasteiger partial charge in [-0.2, -0.15) is 13.2 Å². The summed E-state index contributed by atoms with van der Waals surface area (Å²) in [5, 5.41) is 3.80. The van der Waals surface area contributed by atoms with Crippen LogP contribution in [0.4, 0.5) is 19.0 Å². The van der Waals surface area contributed by atoms with Gasteiger partial charge in [0.25, 0.3) is 0 Å². The molecule has 9 heteroatoms. The van der Waals surface area contributed by atoms with Gasteiger partial charge in [0.05, 0.1) is 24.5 Å². The molecule has 3 aromatic rings. The second-order valence-corrected chi connectivity index (χ2v) is 10.6. The highest BCUT2D eigenvalue weighted by Gasteiger charge is 2.37. The van der Waals surface area contributed by atoms with Crippen LogP contribution >= 0.6 is 11.8 Å². The fraction of sp³-hybridized carbons (Fsp3) is 0.385. The van der Waals surface area contributed by atoms with Crippen molar-refractivity contribution >= 4 is 17.6 Å². The Hall–Kier alpha value is -2.62. The molecule has 0 amide bonds. The van der Waals surface area contributed by atoms with E-state index in [-0.39, 0.29) is 6.04 Å². The Labute approximate surface area is 206 Å². The van der Waals surface area contributed by atoms with Gasteiger partial charge >= 0.3 is 6.18 Å². The average Bonchev–Trinajstić information content (AvgIpc) is 2.84. The smallest absolute Gasteiger partial charge is 0.377 e. The second-order valence-electron chi connectivity index (χ2n) is 9.27. The molecule has 1 saturated carbocycles. The molecule has 2 aliphatic rings. The van der Waals surface area contributed by atoms with Gasteiger partial charge in [-0.15, -0.1) is 11.8 Å². The monoisotopic (exact) mass is 500 g/mol. The van der Waals surface area contributed by atoms with E-state index in [1.807, 2.05) is 23.9 Å². The predicted molar refractivity (Wildman–Crippen MR) is 131 cm³/mol. The van der Waals surface area contributed by atoms with Crippen molar-refractivity contribution in [2.45, 2.75) is 53.6 Å². The summed E-state index contributed by atoms with van der Waals surface area (Å²) in [6, 6.07) is 15.3.